The van der Waals surface area contributed by atoms with Gasteiger partial charge in [-0.25, -0.2) is 0 Å². The highest BCUT2D eigenvalue weighted by Crippen LogP contribution is 1.95. The molecule has 2 N–H and O–H groups in total. The number of unbranched alkanes of at least 4 members (excludes halogenated alkanes) is 1. The lowest BCUT2D eigenvalue weighted by atomic mass is 10.3. The van der Waals surface area contributed by atoms with Gasteiger partial charge in [0.25, 0.3) is 0 Å². The molecule has 0 aromatic rings. The molecule has 16 heavy (non-hydrogen) atoms. The molecule has 2 atom stereocenters. The van der Waals surface area contributed by atoms with Crippen LogP contribution in [0.25, 0.3) is 0 Å². The Hall–Kier alpha value is -1.00. The zero-order valence-corrected chi connectivity index (χ0v) is 10.0. The summed E-state index contributed by atoms with van der Waals surface area (Å²) < 4.78 is 10.1. The van der Waals surface area contributed by atoms with E-state index >= 15 is 0 Å². The van der Waals surface area contributed by atoms with Crippen molar-refractivity contribution in [2.45, 2.75) is 38.9 Å². The first kappa shape index (κ1) is 15.0. The molecule has 0 heterocycles. The predicted octanol–water partition coefficient (Wildman–Crippen LogP) is 1.59. The Morgan fingerprint density at radius 1 is 0.875 bits per heavy atom. The molecule has 0 amide bonds. The second kappa shape index (κ2) is 10.5. The molecule has 4 heteroatoms. The maximum atomic E-state index is 8.89. The molecule has 0 aliphatic heterocycles. The van der Waals surface area contributed by atoms with E-state index in [9.17, 15) is 0 Å². The lowest BCUT2D eigenvalue weighted by Crippen LogP contribution is -2.07. The highest BCUT2D eigenvalue weighted by molar-refractivity contribution is 4.81. The van der Waals surface area contributed by atoms with Gasteiger partial charge in [-0.2, -0.15) is 0 Å². The molecule has 0 saturated carbocycles. The van der Waals surface area contributed by atoms with Crippen LogP contribution < -0.4 is 0 Å². The van der Waals surface area contributed by atoms with Crippen molar-refractivity contribution in [3.05, 3.63) is 24.7 Å². The van der Waals surface area contributed by atoms with Crippen molar-refractivity contribution in [2.24, 2.45) is 0 Å². The average molecular weight is 230 g/mol. The van der Waals surface area contributed by atoms with Gasteiger partial charge in [-0.1, -0.05) is 0 Å². The minimum absolute atomic E-state index is 0.323. The normalized spacial score (nSPS) is 15.5. The molecule has 0 aromatic heterocycles. The van der Waals surface area contributed by atoms with Crippen molar-refractivity contribution in [1.29, 1.82) is 0 Å². The monoisotopic (exact) mass is 230 g/mol. The van der Waals surface area contributed by atoms with Crippen LogP contribution >= 0.6 is 0 Å². The predicted molar refractivity (Wildman–Crippen MR) is 62.8 cm³/mol. The van der Waals surface area contributed by atoms with E-state index in [4.69, 9.17) is 19.7 Å². The van der Waals surface area contributed by atoms with Gasteiger partial charge < -0.3 is 19.7 Å². The summed E-state index contributed by atoms with van der Waals surface area (Å²) in [5, 5.41) is 17.8. The van der Waals surface area contributed by atoms with Gasteiger partial charge in [0.15, 0.2) is 0 Å². The van der Waals surface area contributed by atoms with Crippen molar-refractivity contribution in [2.75, 3.05) is 13.2 Å². The minimum Gasteiger partial charge on any atom is -0.499 e. The van der Waals surface area contributed by atoms with Gasteiger partial charge in [-0.3, -0.25) is 0 Å². The fourth-order valence-electron chi connectivity index (χ4n) is 0.854. The van der Waals surface area contributed by atoms with Crippen LogP contribution in [-0.4, -0.2) is 35.6 Å². The Morgan fingerprint density at radius 3 is 1.56 bits per heavy atom. The molecule has 0 radical (unpaired) electrons. The molecule has 0 rings (SSSR count). The first-order valence-corrected chi connectivity index (χ1v) is 5.52. The Kier molecular flexibility index (Phi) is 9.86. The molecule has 0 spiro atoms. The van der Waals surface area contributed by atoms with E-state index in [0.29, 0.717) is 13.2 Å². The third-order valence-electron chi connectivity index (χ3n) is 1.56. The number of aliphatic hydroxyl groups excluding tert-OH is 2. The highest BCUT2D eigenvalue weighted by Gasteiger charge is 1.91. The fourth-order valence-corrected chi connectivity index (χ4v) is 0.854. The molecule has 0 fully saturated rings. The van der Waals surface area contributed by atoms with E-state index < -0.39 is 12.2 Å². The van der Waals surface area contributed by atoms with Crippen molar-refractivity contribution < 1.29 is 19.7 Å². The third-order valence-corrected chi connectivity index (χ3v) is 1.56. The largest absolute Gasteiger partial charge is 0.499 e. The van der Waals surface area contributed by atoms with Crippen molar-refractivity contribution in [3.8, 4) is 0 Å². The minimum atomic E-state index is -0.432. The maximum absolute atomic E-state index is 8.89. The van der Waals surface area contributed by atoms with E-state index in [-0.39, 0.29) is 0 Å². The van der Waals surface area contributed by atoms with E-state index in [1.54, 1.807) is 26.4 Å². The molecule has 0 aliphatic rings. The Morgan fingerprint density at radius 2 is 1.25 bits per heavy atom. The number of rotatable bonds is 9. The summed E-state index contributed by atoms with van der Waals surface area (Å²) in [5.74, 6) is 0. The lowest BCUT2D eigenvalue weighted by molar-refractivity contribution is 0.0969. The average Bonchev–Trinajstić information content (AvgIpc) is 2.20. The van der Waals surface area contributed by atoms with E-state index in [0.717, 1.165) is 12.8 Å². The first-order valence-electron chi connectivity index (χ1n) is 5.52. The summed E-state index contributed by atoms with van der Waals surface area (Å²) >= 11 is 0. The van der Waals surface area contributed by atoms with E-state index in [1.165, 1.54) is 0 Å². The van der Waals surface area contributed by atoms with Gasteiger partial charge in [0.05, 0.1) is 24.7 Å². The van der Waals surface area contributed by atoms with Gasteiger partial charge in [0.1, 0.15) is 13.2 Å². The molecule has 0 saturated heterocycles. The number of hydrogen-bond acceptors (Lipinski definition) is 4. The number of allylic oxidation sites excluding steroid dienone is 2. The van der Waals surface area contributed by atoms with Gasteiger partial charge in [-0.15, -0.1) is 0 Å². The number of aliphatic hydroxyl groups is 2. The second-order valence-electron chi connectivity index (χ2n) is 3.69. The topological polar surface area (TPSA) is 58.9 Å². The summed E-state index contributed by atoms with van der Waals surface area (Å²) in [6, 6.07) is 0. The lowest BCUT2D eigenvalue weighted by Gasteiger charge is -2.02. The molecular formula is C12H22O4. The Labute approximate surface area is 97.2 Å². The summed E-state index contributed by atoms with van der Waals surface area (Å²) in [4.78, 5) is 0. The van der Waals surface area contributed by atoms with Crippen LogP contribution in [0, 0.1) is 0 Å². The zero-order valence-electron chi connectivity index (χ0n) is 10.0. The smallest absolute Gasteiger partial charge is 0.113 e. The maximum Gasteiger partial charge on any atom is 0.113 e. The van der Waals surface area contributed by atoms with Crippen LogP contribution in [0.5, 0.6) is 0 Å². The van der Waals surface area contributed by atoms with Crippen LogP contribution in [0.2, 0.25) is 0 Å². The van der Waals surface area contributed by atoms with Gasteiger partial charge in [-0.05, 0) is 38.8 Å². The van der Waals surface area contributed by atoms with Crippen LogP contribution in [0.4, 0.5) is 0 Å². The quantitative estimate of drug-likeness (QED) is 0.466. The van der Waals surface area contributed by atoms with E-state index in [2.05, 4.69) is 0 Å². The molecule has 94 valence electrons. The first-order chi connectivity index (χ1) is 7.63. The Balaban J connectivity index is 3.25. The summed E-state index contributed by atoms with van der Waals surface area (Å²) in [5.41, 5.74) is 0. The molecule has 4 nitrogen and oxygen atoms in total. The van der Waals surface area contributed by atoms with Crippen LogP contribution in [0.3, 0.4) is 0 Å². The Bertz CT molecular complexity index is 175. The van der Waals surface area contributed by atoms with Crippen LogP contribution in [-0.2, 0) is 9.47 Å². The molecule has 0 aromatic carbocycles. The van der Waals surface area contributed by atoms with Crippen molar-refractivity contribution in [3.63, 3.8) is 0 Å². The summed E-state index contributed by atoms with van der Waals surface area (Å²) in [6.45, 7) is 4.00. The fraction of sp³-hybridized carbons (Fsp3) is 0.667. The highest BCUT2D eigenvalue weighted by atomic mass is 16.5. The summed E-state index contributed by atoms with van der Waals surface area (Å²) in [7, 11) is 0. The van der Waals surface area contributed by atoms with Gasteiger partial charge >= 0.3 is 0 Å². The second-order valence-corrected chi connectivity index (χ2v) is 3.69. The SMILES string of the molecule is CC(O)COC=CCCC=COCC(C)O. The van der Waals surface area contributed by atoms with Gasteiger partial charge in [0.2, 0.25) is 0 Å². The molecule has 2 unspecified atom stereocenters. The standard InChI is InChI=1S/C12H22O4/c1-11(13)9-15-7-5-3-4-6-8-16-10-12(2)14/h5-8,11-14H,3-4,9-10H2,1-2H3. The van der Waals surface area contributed by atoms with Crippen LogP contribution in [0.15, 0.2) is 24.7 Å². The van der Waals surface area contributed by atoms with Gasteiger partial charge in [0, 0.05) is 0 Å². The molecule has 0 bridgehead atoms. The molecule has 0 aliphatic carbocycles. The molecular weight excluding hydrogens is 208 g/mol. The van der Waals surface area contributed by atoms with E-state index in [1.807, 2.05) is 12.2 Å². The third kappa shape index (κ3) is 13.0. The van der Waals surface area contributed by atoms with Crippen molar-refractivity contribution >= 4 is 0 Å². The number of hydrogen-bond donors (Lipinski definition) is 2. The zero-order chi connectivity index (χ0) is 12.2. The van der Waals surface area contributed by atoms with Crippen molar-refractivity contribution in [1.82, 2.24) is 0 Å². The summed E-state index contributed by atoms with van der Waals surface area (Å²) in [6.07, 6.45) is 7.82. The number of ether oxygens (including phenoxy) is 2. The van der Waals surface area contributed by atoms with Crippen LogP contribution in [0.1, 0.15) is 26.7 Å².